The topological polar surface area (TPSA) is 91.7 Å². The highest BCUT2D eigenvalue weighted by atomic mass is 32.2. The molecule has 0 radical (unpaired) electrons. The Labute approximate surface area is 182 Å². The summed E-state index contributed by atoms with van der Waals surface area (Å²) >= 11 is 0. The molecule has 8 nitrogen and oxygen atoms in total. The molecule has 0 spiro atoms. The van der Waals surface area contributed by atoms with Gasteiger partial charge in [0, 0.05) is 26.0 Å². The number of rotatable bonds is 11. The molecule has 3 rings (SSSR count). The van der Waals surface area contributed by atoms with Crippen molar-refractivity contribution in [1.82, 2.24) is 14.3 Å². The van der Waals surface area contributed by atoms with Crippen LogP contribution in [0.4, 0.5) is 0 Å². The van der Waals surface area contributed by atoms with E-state index in [1.165, 1.54) is 12.1 Å². The van der Waals surface area contributed by atoms with Gasteiger partial charge < -0.3 is 18.8 Å². The minimum absolute atomic E-state index is 0.136. The van der Waals surface area contributed by atoms with Crippen molar-refractivity contribution in [2.45, 2.75) is 17.9 Å². The highest BCUT2D eigenvalue weighted by Gasteiger charge is 2.26. The van der Waals surface area contributed by atoms with Crippen LogP contribution in [0.2, 0.25) is 0 Å². The Kier molecular flexibility index (Phi) is 7.67. The first kappa shape index (κ1) is 22.8. The maximum absolute atomic E-state index is 13.1. The van der Waals surface area contributed by atoms with Crippen molar-refractivity contribution in [1.29, 1.82) is 0 Å². The summed E-state index contributed by atoms with van der Waals surface area (Å²) in [6.07, 6.45) is 3.41. The number of methoxy groups -OCH3 is 1. The van der Waals surface area contributed by atoms with Crippen LogP contribution >= 0.6 is 0 Å². The van der Waals surface area contributed by atoms with E-state index in [2.05, 4.69) is 9.71 Å². The van der Waals surface area contributed by atoms with E-state index >= 15 is 0 Å². The average Bonchev–Trinajstić information content (AvgIpc) is 3.21. The first-order valence-corrected chi connectivity index (χ1v) is 11.4. The number of aromatic nitrogens is 2. The lowest BCUT2D eigenvalue weighted by Gasteiger charge is -2.19. The zero-order chi connectivity index (χ0) is 22.3. The molecule has 1 N–H and O–H groups in total. The van der Waals surface area contributed by atoms with Crippen LogP contribution in [0, 0.1) is 0 Å². The Hall–Kier alpha value is -2.88. The molecule has 1 unspecified atom stereocenters. The standard InChI is InChI=1S/C22H27N3O5S/c1-4-29-15-16-30-19-9-11-20(12-10-19)31(26,27)24-21(22-23-13-14-25(22)2)17-5-7-18(28-3)8-6-17/h5-14,21,24H,4,15-16H2,1-3H3. The molecule has 0 aliphatic rings. The van der Waals surface area contributed by atoms with E-state index < -0.39 is 16.1 Å². The summed E-state index contributed by atoms with van der Waals surface area (Å²) in [7, 11) is -0.424. The van der Waals surface area contributed by atoms with Crippen LogP contribution in [-0.2, 0) is 21.8 Å². The minimum atomic E-state index is -3.83. The van der Waals surface area contributed by atoms with Gasteiger partial charge in [-0.15, -0.1) is 0 Å². The number of imidazole rings is 1. The summed E-state index contributed by atoms with van der Waals surface area (Å²) < 4.78 is 46.8. The van der Waals surface area contributed by atoms with Crippen molar-refractivity contribution in [3.05, 3.63) is 72.3 Å². The van der Waals surface area contributed by atoms with Crippen LogP contribution in [0.1, 0.15) is 24.4 Å². The number of ether oxygens (including phenoxy) is 3. The highest BCUT2D eigenvalue weighted by molar-refractivity contribution is 7.89. The van der Waals surface area contributed by atoms with Crippen LogP contribution < -0.4 is 14.2 Å². The van der Waals surface area contributed by atoms with Crippen molar-refractivity contribution in [3.8, 4) is 11.5 Å². The molecular weight excluding hydrogens is 418 g/mol. The van der Waals surface area contributed by atoms with Crippen LogP contribution in [0.5, 0.6) is 11.5 Å². The third-order valence-electron chi connectivity index (χ3n) is 4.67. The molecule has 166 valence electrons. The van der Waals surface area contributed by atoms with Crippen molar-refractivity contribution < 1.29 is 22.6 Å². The second kappa shape index (κ2) is 10.4. The van der Waals surface area contributed by atoms with Gasteiger partial charge in [-0.25, -0.2) is 13.4 Å². The quantitative estimate of drug-likeness (QED) is 0.456. The van der Waals surface area contributed by atoms with Gasteiger partial charge in [0.15, 0.2) is 0 Å². The highest BCUT2D eigenvalue weighted by Crippen LogP contribution is 2.26. The second-order valence-corrected chi connectivity index (χ2v) is 8.45. The maximum Gasteiger partial charge on any atom is 0.241 e. The Morgan fingerprint density at radius 2 is 1.71 bits per heavy atom. The van der Waals surface area contributed by atoms with E-state index in [-0.39, 0.29) is 4.90 Å². The Bertz CT molecular complexity index is 1060. The van der Waals surface area contributed by atoms with E-state index in [4.69, 9.17) is 14.2 Å². The fourth-order valence-corrected chi connectivity index (χ4v) is 4.20. The van der Waals surface area contributed by atoms with Crippen molar-refractivity contribution in [2.24, 2.45) is 7.05 Å². The molecule has 0 aliphatic carbocycles. The van der Waals surface area contributed by atoms with Crippen LogP contribution in [0.3, 0.4) is 0 Å². The smallest absolute Gasteiger partial charge is 0.241 e. The number of hydrogen-bond acceptors (Lipinski definition) is 6. The van der Waals surface area contributed by atoms with Gasteiger partial charge in [0.1, 0.15) is 30.0 Å². The van der Waals surface area contributed by atoms with Crippen molar-refractivity contribution in [3.63, 3.8) is 0 Å². The van der Waals surface area contributed by atoms with E-state index in [9.17, 15) is 8.42 Å². The van der Waals surface area contributed by atoms with Crippen LogP contribution in [0.25, 0.3) is 0 Å². The molecular formula is C22H27N3O5S. The summed E-state index contributed by atoms with van der Waals surface area (Å²) in [6.45, 7) is 3.41. The van der Waals surface area contributed by atoms with E-state index in [0.29, 0.717) is 37.1 Å². The summed E-state index contributed by atoms with van der Waals surface area (Å²) in [5.74, 6) is 1.84. The molecule has 31 heavy (non-hydrogen) atoms. The summed E-state index contributed by atoms with van der Waals surface area (Å²) in [5, 5.41) is 0. The van der Waals surface area contributed by atoms with Gasteiger partial charge in [0.2, 0.25) is 10.0 Å². The largest absolute Gasteiger partial charge is 0.497 e. The van der Waals surface area contributed by atoms with Crippen LogP contribution in [-0.4, -0.2) is 44.9 Å². The third-order valence-corrected chi connectivity index (χ3v) is 6.11. The molecule has 0 saturated carbocycles. The average molecular weight is 446 g/mol. The summed E-state index contributed by atoms with van der Waals surface area (Å²) in [5.41, 5.74) is 0.745. The number of sulfonamides is 1. The number of aryl methyl sites for hydroxylation is 1. The Morgan fingerprint density at radius 1 is 1.03 bits per heavy atom. The second-order valence-electron chi connectivity index (χ2n) is 6.74. The number of nitrogens with one attached hydrogen (secondary N) is 1. The molecule has 2 aromatic carbocycles. The van der Waals surface area contributed by atoms with Crippen LogP contribution in [0.15, 0.2) is 65.8 Å². The molecule has 0 fully saturated rings. The van der Waals surface area contributed by atoms with Gasteiger partial charge in [0.05, 0.1) is 18.6 Å². The normalized spacial score (nSPS) is 12.5. The zero-order valence-corrected chi connectivity index (χ0v) is 18.6. The van der Waals surface area contributed by atoms with Gasteiger partial charge in [-0.1, -0.05) is 12.1 Å². The molecule has 1 heterocycles. The van der Waals surface area contributed by atoms with Gasteiger partial charge >= 0.3 is 0 Å². The predicted molar refractivity (Wildman–Crippen MR) is 117 cm³/mol. The predicted octanol–water partition coefficient (Wildman–Crippen LogP) is 2.91. The molecule has 0 bridgehead atoms. The van der Waals surface area contributed by atoms with Crippen molar-refractivity contribution >= 4 is 10.0 Å². The Morgan fingerprint density at radius 3 is 2.29 bits per heavy atom. The first-order valence-electron chi connectivity index (χ1n) is 9.88. The molecule has 3 aromatic rings. The van der Waals surface area contributed by atoms with E-state index in [1.54, 1.807) is 48.3 Å². The molecule has 1 atom stereocenters. The lowest BCUT2D eigenvalue weighted by Crippen LogP contribution is -2.31. The van der Waals surface area contributed by atoms with Gasteiger partial charge in [-0.3, -0.25) is 0 Å². The number of benzene rings is 2. The maximum atomic E-state index is 13.1. The molecule has 0 saturated heterocycles. The first-order chi connectivity index (χ1) is 14.9. The monoisotopic (exact) mass is 445 g/mol. The molecule has 0 amide bonds. The van der Waals surface area contributed by atoms with E-state index in [1.807, 2.05) is 26.1 Å². The van der Waals surface area contributed by atoms with Gasteiger partial charge in [-0.2, -0.15) is 4.72 Å². The molecule has 9 heteroatoms. The summed E-state index contributed by atoms with van der Waals surface area (Å²) in [6, 6.07) is 12.8. The number of hydrogen-bond donors (Lipinski definition) is 1. The lowest BCUT2D eigenvalue weighted by atomic mass is 10.1. The lowest BCUT2D eigenvalue weighted by molar-refractivity contribution is 0.110. The number of nitrogens with zero attached hydrogens (tertiary/aromatic N) is 2. The summed E-state index contributed by atoms with van der Waals surface area (Å²) in [4.78, 5) is 4.49. The Balaban J connectivity index is 1.82. The SMILES string of the molecule is CCOCCOc1ccc(S(=O)(=O)NC(c2ccc(OC)cc2)c2nccn2C)cc1. The fourth-order valence-electron chi connectivity index (χ4n) is 3.02. The van der Waals surface area contributed by atoms with E-state index in [0.717, 1.165) is 5.56 Å². The van der Waals surface area contributed by atoms with Gasteiger partial charge in [0.25, 0.3) is 0 Å². The fraction of sp³-hybridized carbons (Fsp3) is 0.318. The minimum Gasteiger partial charge on any atom is -0.497 e. The zero-order valence-electron chi connectivity index (χ0n) is 17.8. The molecule has 1 aromatic heterocycles. The van der Waals surface area contributed by atoms with Crippen molar-refractivity contribution in [2.75, 3.05) is 26.9 Å². The third kappa shape index (κ3) is 5.84. The molecule has 0 aliphatic heterocycles. The van der Waals surface area contributed by atoms with Gasteiger partial charge in [-0.05, 0) is 48.9 Å².